The van der Waals surface area contributed by atoms with Gasteiger partial charge in [-0.3, -0.25) is 4.79 Å². The molecular formula is C11H16OS. The summed E-state index contributed by atoms with van der Waals surface area (Å²) < 4.78 is 0. The molecule has 0 bridgehead atoms. The molecule has 0 saturated carbocycles. The van der Waals surface area contributed by atoms with E-state index in [-0.39, 0.29) is 0 Å². The van der Waals surface area contributed by atoms with Gasteiger partial charge in [-0.05, 0) is 31.4 Å². The molecule has 0 radical (unpaired) electrons. The molecule has 0 aliphatic rings. The largest absolute Gasteiger partial charge is 0.293 e. The Kier molecular flexibility index (Phi) is 3.26. The molecular weight excluding hydrogens is 180 g/mol. The number of carbonyl (C=O) groups excluding carboxylic acids is 1. The Balaban J connectivity index is 2.82. The number of ketones is 1. The molecule has 0 aromatic carbocycles. The quantitative estimate of drug-likeness (QED) is 0.675. The topological polar surface area (TPSA) is 17.1 Å². The highest BCUT2D eigenvalue weighted by atomic mass is 32.1. The molecule has 1 aromatic rings. The number of carbonyl (C=O) groups is 1. The van der Waals surface area contributed by atoms with Gasteiger partial charge in [0.05, 0.1) is 4.88 Å². The second kappa shape index (κ2) is 4.05. The maximum Gasteiger partial charge on any atom is 0.173 e. The van der Waals surface area contributed by atoms with E-state index in [9.17, 15) is 4.79 Å². The van der Waals surface area contributed by atoms with E-state index in [1.807, 2.05) is 13.8 Å². The molecule has 2 heteroatoms. The Morgan fingerprint density at radius 2 is 2.08 bits per heavy atom. The van der Waals surface area contributed by atoms with Crippen LogP contribution in [0, 0.1) is 19.8 Å². The number of thiophene rings is 1. The summed E-state index contributed by atoms with van der Waals surface area (Å²) in [5, 5.41) is 0. The predicted molar refractivity (Wildman–Crippen MR) is 57.6 cm³/mol. The summed E-state index contributed by atoms with van der Waals surface area (Å²) in [7, 11) is 0. The maximum atomic E-state index is 11.7. The lowest BCUT2D eigenvalue weighted by atomic mass is 10.0. The van der Waals surface area contributed by atoms with E-state index in [0.29, 0.717) is 18.1 Å². The normalized spacial score (nSPS) is 10.8. The highest BCUT2D eigenvalue weighted by Gasteiger charge is 2.13. The molecule has 0 spiro atoms. The van der Waals surface area contributed by atoms with Crippen molar-refractivity contribution in [2.45, 2.75) is 34.1 Å². The molecule has 0 atom stereocenters. The molecule has 1 nitrogen and oxygen atoms in total. The van der Waals surface area contributed by atoms with Crippen LogP contribution in [0.3, 0.4) is 0 Å². The first-order chi connectivity index (χ1) is 6.00. The zero-order valence-electron chi connectivity index (χ0n) is 8.68. The Morgan fingerprint density at radius 3 is 2.46 bits per heavy atom. The van der Waals surface area contributed by atoms with Gasteiger partial charge in [0.25, 0.3) is 0 Å². The first-order valence-electron chi connectivity index (χ1n) is 4.61. The number of hydrogen-bond donors (Lipinski definition) is 0. The lowest BCUT2D eigenvalue weighted by molar-refractivity contribution is 0.0971. The Hall–Kier alpha value is -0.630. The van der Waals surface area contributed by atoms with Crippen LogP contribution in [0.1, 0.15) is 40.4 Å². The molecule has 0 fully saturated rings. The van der Waals surface area contributed by atoms with Crippen molar-refractivity contribution in [3.05, 3.63) is 21.4 Å². The van der Waals surface area contributed by atoms with Crippen LogP contribution in [0.5, 0.6) is 0 Å². The van der Waals surface area contributed by atoms with Crippen LogP contribution < -0.4 is 0 Å². The third kappa shape index (κ3) is 2.66. The lowest BCUT2D eigenvalue weighted by Gasteiger charge is -2.02. The van der Waals surface area contributed by atoms with Gasteiger partial charge in [-0.15, -0.1) is 11.3 Å². The summed E-state index contributed by atoms with van der Waals surface area (Å²) in [5.41, 5.74) is 1.13. The first-order valence-corrected chi connectivity index (χ1v) is 5.42. The number of aryl methyl sites for hydroxylation is 2. The highest BCUT2D eigenvalue weighted by molar-refractivity contribution is 7.14. The lowest BCUT2D eigenvalue weighted by Crippen LogP contribution is -2.02. The fraction of sp³-hybridized carbons (Fsp3) is 0.545. The summed E-state index contributed by atoms with van der Waals surface area (Å²) in [6, 6.07) is 2.08. The second-order valence-corrected chi connectivity index (χ2v) is 5.15. The third-order valence-corrected chi connectivity index (χ3v) is 3.08. The Labute approximate surface area is 83.8 Å². The van der Waals surface area contributed by atoms with Crippen LogP contribution in [-0.2, 0) is 0 Å². The minimum atomic E-state index is 0.297. The third-order valence-electron chi connectivity index (χ3n) is 1.89. The van der Waals surface area contributed by atoms with Crippen molar-refractivity contribution >= 4 is 17.1 Å². The van der Waals surface area contributed by atoms with E-state index in [1.54, 1.807) is 11.3 Å². The van der Waals surface area contributed by atoms with E-state index < -0.39 is 0 Å². The van der Waals surface area contributed by atoms with Gasteiger partial charge in [0.1, 0.15) is 0 Å². The number of rotatable bonds is 3. The molecule has 13 heavy (non-hydrogen) atoms. The van der Waals surface area contributed by atoms with E-state index in [4.69, 9.17) is 0 Å². The van der Waals surface area contributed by atoms with Crippen LogP contribution in [0.15, 0.2) is 6.07 Å². The number of hydrogen-bond acceptors (Lipinski definition) is 2. The average Bonchev–Trinajstić information content (AvgIpc) is 2.28. The van der Waals surface area contributed by atoms with Gasteiger partial charge < -0.3 is 0 Å². The summed E-state index contributed by atoms with van der Waals surface area (Å²) >= 11 is 1.61. The van der Waals surface area contributed by atoms with E-state index in [0.717, 1.165) is 10.4 Å². The maximum absolute atomic E-state index is 11.7. The van der Waals surface area contributed by atoms with Crippen molar-refractivity contribution in [3.8, 4) is 0 Å². The minimum absolute atomic E-state index is 0.297. The average molecular weight is 196 g/mol. The van der Waals surface area contributed by atoms with Crippen molar-refractivity contribution in [2.75, 3.05) is 0 Å². The van der Waals surface area contributed by atoms with Gasteiger partial charge in [-0.25, -0.2) is 0 Å². The number of Topliss-reactive ketones (excluding diaryl/α,β-unsaturated/α-hetero) is 1. The van der Waals surface area contributed by atoms with Crippen LogP contribution >= 0.6 is 11.3 Å². The van der Waals surface area contributed by atoms with Crippen LogP contribution in [0.2, 0.25) is 0 Å². The summed E-state index contributed by atoms with van der Waals surface area (Å²) in [5.74, 6) is 0.750. The molecule has 72 valence electrons. The van der Waals surface area contributed by atoms with E-state index >= 15 is 0 Å². The standard InChI is InChI=1S/C11H16OS/c1-7(2)5-10(12)11-8(3)6-9(4)13-11/h6-7H,5H2,1-4H3. The van der Waals surface area contributed by atoms with Gasteiger partial charge in [-0.1, -0.05) is 13.8 Å². The molecule has 0 unspecified atom stereocenters. The molecule has 0 aliphatic heterocycles. The molecule has 0 amide bonds. The molecule has 1 rings (SSSR count). The Bertz CT molecular complexity index is 310. The fourth-order valence-corrected chi connectivity index (χ4v) is 2.36. The predicted octanol–water partition coefficient (Wildman–Crippen LogP) is 3.59. The van der Waals surface area contributed by atoms with Crippen molar-refractivity contribution in [1.82, 2.24) is 0 Å². The van der Waals surface area contributed by atoms with Gasteiger partial charge in [0.2, 0.25) is 0 Å². The highest BCUT2D eigenvalue weighted by Crippen LogP contribution is 2.23. The van der Waals surface area contributed by atoms with Crippen molar-refractivity contribution < 1.29 is 4.79 Å². The van der Waals surface area contributed by atoms with Crippen molar-refractivity contribution in [1.29, 1.82) is 0 Å². The Morgan fingerprint density at radius 1 is 1.46 bits per heavy atom. The fourth-order valence-electron chi connectivity index (χ4n) is 1.38. The minimum Gasteiger partial charge on any atom is -0.293 e. The second-order valence-electron chi connectivity index (χ2n) is 3.89. The van der Waals surface area contributed by atoms with E-state index in [2.05, 4.69) is 19.9 Å². The van der Waals surface area contributed by atoms with Gasteiger partial charge >= 0.3 is 0 Å². The molecule has 0 aliphatic carbocycles. The van der Waals surface area contributed by atoms with Crippen LogP contribution in [0.4, 0.5) is 0 Å². The molecule has 0 N–H and O–H groups in total. The van der Waals surface area contributed by atoms with Crippen molar-refractivity contribution in [2.24, 2.45) is 5.92 Å². The van der Waals surface area contributed by atoms with Gasteiger partial charge in [-0.2, -0.15) is 0 Å². The molecule has 0 saturated heterocycles. The SMILES string of the molecule is Cc1cc(C)c(C(=O)CC(C)C)s1. The van der Waals surface area contributed by atoms with Gasteiger partial charge in [0, 0.05) is 11.3 Å². The zero-order valence-corrected chi connectivity index (χ0v) is 9.49. The summed E-state index contributed by atoms with van der Waals surface area (Å²) in [6.07, 6.45) is 0.667. The summed E-state index contributed by atoms with van der Waals surface area (Å²) in [6.45, 7) is 8.21. The first kappa shape index (κ1) is 10.5. The van der Waals surface area contributed by atoms with E-state index in [1.165, 1.54) is 4.88 Å². The van der Waals surface area contributed by atoms with Crippen molar-refractivity contribution in [3.63, 3.8) is 0 Å². The summed E-state index contributed by atoms with van der Waals surface area (Å²) in [4.78, 5) is 13.9. The molecule has 1 aromatic heterocycles. The smallest absolute Gasteiger partial charge is 0.173 e. The van der Waals surface area contributed by atoms with Gasteiger partial charge in [0.15, 0.2) is 5.78 Å². The molecule has 1 heterocycles. The zero-order chi connectivity index (χ0) is 10.0. The van der Waals surface area contributed by atoms with Crippen LogP contribution in [0.25, 0.3) is 0 Å². The van der Waals surface area contributed by atoms with Crippen LogP contribution in [-0.4, -0.2) is 5.78 Å². The monoisotopic (exact) mass is 196 g/mol.